The van der Waals surface area contributed by atoms with Gasteiger partial charge in [-0.05, 0) is 44.8 Å². The van der Waals surface area contributed by atoms with Crippen LogP contribution in [0.25, 0.3) is 0 Å². The van der Waals surface area contributed by atoms with Crippen molar-refractivity contribution in [3.63, 3.8) is 0 Å². The zero-order valence-corrected chi connectivity index (χ0v) is 18.7. The maximum absolute atomic E-state index is 11.4. The van der Waals surface area contributed by atoms with Crippen molar-refractivity contribution >= 4 is 18.3 Å². The minimum absolute atomic E-state index is 0.0649. The molecule has 3 atom stereocenters. The minimum atomic E-state index is 0.0649. The fraction of sp³-hybridized carbons (Fsp3) is 0.423. The molecule has 2 rings (SSSR count). The molecule has 0 bridgehead atoms. The van der Waals surface area contributed by atoms with Gasteiger partial charge in [-0.15, -0.1) is 0 Å². The van der Waals surface area contributed by atoms with E-state index in [0.717, 1.165) is 38.1 Å². The molecule has 0 aromatic heterocycles. The van der Waals surface area contributed by atoms with E-state index in [1.165, 1.54) is 11.1 Å². The molecule has 1 saturated heterocycles. The summed E-state index contributed by atoms with van der Waals surface area (Å²) in [6.45, 7) is 7.58. The molecule has 1 heterocycles. The highest BCUT2D eigenvalue weighted by molar-refractivity contribution is 6.05. The number of likely N-dealkylation sites (tertiary alicyclic amines) is 1. The molecule has 160 valence electrons. The van der Waals surface area contributed by atoms with Crippen molar-refractivity contribution in [3.8, 4) is 0 Å². The average Bonchev–Trinajstić information content (AvgIpc) is 2.96. The summed E-state index contributed by atoms with van der Waals surface area (Å²) < 4.78 is 0. The van der Waals surface area contributed by atoms with Gasteiger partial charge in [-0.1, -0.05) is 54.7 Å². The first-order valence-corrected chi connectivity index (χ1v) is 10.8. The Morgan fingerprint density at radius 3 is 2.70 bits per heavy atom. The standard InChI is InChI=1S/C26H35N3O/c1-5-8-11-21(10-6-2)23-14-13-22(15-16-28-7-3)26(27-4)25(18-23)24-12-9-17-29(19-24)20-30/h5-8,10-11,13-16,18,20,22-24H,9,12,17,19H2,1-4H3/b8-5-,10-6-,16-15-,21-11+,27-26+,28-7-. The number of amides is 1. The second kappa shape index (κ2) is 12.7. The van der Waals surface area contributed by atoms with Crippen LogP contribution >= 0.6 is 0 Å². The molecule has 0 radical (unpaired) electrons. The average molecular weight is 406 g/mol. The van der Waals surface area contributed by atoms with E-state index in [1.54, 1.807) is 6.21 Å². The fourth-order valence-electron chi connectivity index (χ4n) is 4.11. The van der Waals surface area contributed by atoms with Gasteiger partial charge in [0.25, 0.3) is 0 Å². The summed E-state index contributed by atoms with van der Waals surface area (Å²) in [5.41, 5.74) is 3.56. The largest absolute Gasteiger partial charge is 0.345 e. The maximum atomic E-state index is 11.4. The molecule has 0 aromatic rings. The lowest BCUT2D eigenvalue weighted by molar-refractivity contribution is -0.119. The van der Waals surface area contributed by atoms with Crippen LogP contribution in [0.15, 0.2) is 82.0 Å². The van der Waals surface area contributed by atoms with Crippen LogP contribution in [0.5, 0.6) is 0 Å². The molecular formula is C26H35N3O. The number of carbonyl (C=O) groups excluding carboxylic acids is 1. The molecule has 3 unspecified atom stereocenters. The number of rotatable bonds is 7. The van der Waals surface area contributed by atoms with Crippen molar-refractivity contribution in [3.05, 3.63) is 72.0 Å². The summed E-state index contributed by atoms with van der Waals surface area (Å²) in [5, 5.41) is 0. The smallest absolute Gasteiger partial charge is 0.209 e. The number of hydrogen-bond acceptors (Lipinski definition) is 3. The van der Waals surface area contributed by atoms with Gasteiger partial charge in [-0.25, -0.2) is 0 Å². The Bertz CT molecular complexity index is 808. The van der Waals surface area contributed by atoms with Crippen molar-refractivity contribution in [2.75, 3.05) is 20.1 Å². The quantitative estimate of drug-likeness (QED) is 0.244. The maximum Gasteiger partial charge on any atom is 0.209 e. The van der Waals surface area contributed by atoms with Gasteiger partial charge in [-0.2, -0.15) is 0 Å². The Morgan fingerprint density at radius 1 is 1.20 bits per heavy atom. The summed E-state index contributed by atoms with van der Waals surface area (Å²) >= 11 is 0. The highest BCUT2D eigenvalue weighted by atomic mass is 16.1. The molecule has 0 spiro atoms. The van der Waals surface area contributed by atoms with E-state index >= 15 is 0 Å². The van der Waals surface area contributed by atoms with Crippen LogP contribution < -0.4 is 0 Å². The lowest BCUT2D eigenvalue weighted by atomic mass is 9.82. The Hall–Kier alpha value is -2.75. The van der Waals surface area contributed by atoms with Gasteiger partial charge in [0.2, 0.25) is 6.41 Å². The van der Waals surface area contributed by atoms with Crippen LogP contribution in [0.2, 0.25) is 0 Å². The monoisotopic (exact) mass is 405 g/mol. The van der Waals surface area contributed by atoms with Crippen molar-refractivity contribution in [1.82, 2.24) is 4.90 Å². The second-order valence-corrected chi connectivity index (χ2v) is 7.55. The molecule has 4 heteroatoms. The van der Waals surface area contributed by atoms with E-state index in [0.29, 0.717) is 5.92 Å². The highest BCUT2D eigenvalue weighted by Gasteiger charge is 2.29. The van der Waals surface area contributed by atoms with Crippen LogP contribution in [-0.4, -0.2) is 43.4 Å². The molecule has 0 saturated carbocycles. The molecule has 1 aliphatic carbocycles. The van der Waals surface area contributed by atoms with Crippen LogP contribution in [0, 0.1) is 17.8 Å². The van der Waals surface area contributed by atoms with Gasteiger partial charge in [0.15, 0.2) is 0 Å². The third-order valence-electron chi connectivity index (χ3n) is 5.53. The molecule has 1 amide bonds. The Balaban J connectivity index is 2.55. The fourth-order valence-corrected chi connectivity index (χ4v) is 4.11. The van der Waals surface area contributed by atoms with Crippen molar-refractivity contribution in [2.45, 2.75) is 33.6 Å². The molecular weight excluding hydrogens is 370 g/mol. The lowest BCUT2D eigenvalue weighted by Gasteiger charge is -2.33. The topological polar surface area (TPSA) is 45.0 Å². The predicted octanol–water partition coefficient (Wildman–Crippen LogP) is 5.34. The van der Waals surface area contributed by atoms with E-state index in [2.05, 4.69) is 53.6 Å². The minimum Gasteiger partial charge on any atom is -0.345 e. The van der Waals surface area contributed by atoms with E-state index in [4.69, 9.17) is 4.99 Å². The van der Waals surface area contributed by atoms with E-state index in [9.17, 15) is 4.79 Å². The molecule has 4 nitrogen and oxygen atoms in total. The molecule has 1 fully saturated rings. The van der Waals surface area contributed by atoms with Gasteiger partial charge in [0.1, 0.15) is 0 Å². The number of carbonyl (C=O) groups is 1. The van der Waals surface area contributed by atoms with Crippen LogP contribution in [-0.2, 0) is 4.79 Å². The SMILES string of the molecule is C\C=C/C=C(\C=C/C)C1C=CC(/C=C\N=C/C)/C(=N\C)C(C2CCCN(C=O)C2)=C1. The Kier molecular flexibility index (Phi) is 9.99. The number of allylic oxidation sites excluding steroid dienone is 10. The zero-order chi connectivity index (χ0) is 21.8. The second-order valence-electron chi connectivity index (χ2n) is 7.55. The number of aliphatic imine (C=N–C) groups is 2. The van der Waals surface area contributed by atoms with Gasteiger partial charge < -0.3 is 4.90 Å². The van der Waals surface area contributed by atoms with E-state index < -0.39 is 0 Å². The lowest BCUT2D eigenvalue weighted by Crippen LogP contribution is -2.37. The number of hydrogen-bond donors (Lipinski definition) is 0. The summed E-state index contributed by atoms with van der Waals surface area (Å²) in [7, 11) is 1.87. The highest BCUT2D eigenvalue weighted by Crippen LogP contribution is 2.33. The molecule has 0 N–H and O–H groups in total. The Labute approximate surface area is 181 Å². The van der Waals surface area contributed by atoms with Gasteiger partial charge in [0.05, 0.1) is 0 Å². The summed E-state index contributed by atoms with van der Waals surface area (Å²) in [6.07, 6.45) is 26.2. The first-order valence-electron chi connectivity index (χ1n) is 10.8. The summed E-state index contributed by atoms with van der Waals surface area (Å²) in [5.74, 6) is 0.517. The third-order valence-corrected chi connectivity index (χ3v) is 5.53. The first-order chi connectivity index (χ1) is 14.7. The summed E-state index contributed by atoms with van der Waals surface area (Å²) in [4.78, 5) is 22.3. The van der Waals surface area contributed by atoms with Gasteiger partial charge in [-0.3, -0.25) is 14.8 Å². The number of piperidine rings is 1. The first kappa shape index (κ1) is 23.5. The zero-order valence-electron chi connectivity index (χ0n) is 18.7. The summed E-state index contributed by atoms with van der Waals surface area (Å²) in [6, 6.07) is 0. The van der Waals surface area contributed by atoms with E-state index in [-0.39, 0.29) is 11.8 Å². The molecule has 2 aliphatic rings. The molecule has 0 aromatic carbocycles. The molecule has 30 heavy (non-hydrogen) atoms. The van der Waals surface area contributed by atoms with Crippen molar-refractivity contribution in [2.24, 2.45) is 27.7 Å². The normalized spacial score (nSPS) is 27.7. The van der Waals surface area contributed by atoms with Crippen LogP contribution in [0.3, 0.4) is 0 Å². The van der Waals surface area contributed by atoms with Crippen LogP contribution in [0.4, 0.5) is 0 Å². The van der Waals surface area contributed by atoms with Gasteiger partial charge in [0, 0.05) is 56.0 Å². The van der Waals surface area contributed by atoms with Crippen molar-refractivity contribution in [1.29, 1.82) is 0 Å². The number of nitrogens with zero attached hydrogens (tertiary/aromatic N) is 3. The van der Waals surface area contributed by atoms with Gasteiger partial charge >= 0.3 is 0 Å². The van der Waals surface area contributed by atoms with Crippen LogP contribution in [0.1, 0.15) is 33.6 Å². The Morgan fingerprint density at radius 2 is 2.03 bits per heavy atom. The predicted molar refractivity (Wildman–Crippen MR) is 129 cm³/mol. The van der Waals surface area contributed by atoms with Crippen molar-refractivity contribution < 1.29 is 4.79 Å². The molecule has 1 aliphatic heterocycles. The third kappa shape index (κ3) is 6.38. The van der Waals surface area contributed by atoms with E-state index in [1.807, 2.05) is 45.0 Å².